The molecule has 0 saturated carbocycles. The summed E-state index contributed by atoms with van der Waals surface area (Å²) >= 11 is 0. The first-order valence-corrected chi connectivity index (χ1v) is 10.6. The van der Waals surface area contributed by atoms with E-state index in [2.05, 4.69) is 15.1 Å². The van der Waals surface area contributed by atoms with Crippen molar-refractivity contribution in [3.05, 3.63) is 35.1 Å². The molecule has 2 N–H and O–H groups in total. The Morgan fingerprint density at radius 3 is 2.52 bits per heavy atom. The largest absolute Gasteiger partial charge is 0.392 e. The van der Waals surface area contributed by atoms with Crippen molar-refractivity contribution in [1.29, 1.82) is 0 Å². The summed E-state index contributed by atoms with van der Waals surface area (Å²) < 4.78 is 18.9. The standard InChI is InChI=1S/C21H32FN5O3.HI/c1-2-23-21(24-14-17-3-4-19(22)18(13-17)16-28)27-7-5-25(6-8-27)15-20(29)26-9-11-30-12-10-26;/h3-4,13,28H,2,5-12,14-16H2,1H3,(H,23,24);1H. The van der Waals surface area contributed by atoms with E-state index in [0.717, 1.165) is 44.2 Å². The molecule has 1 aromatic carbocycles. The Hall–Kier alpha value is -1.50. The second-order valence-electron chi connectivity index (χ2n) is 7.51. The Morgan fingerprint density at radius 2 is 1.87 bits per heavy atom. The number of ether oxygens (including phenoxy) is 1. The number of amides is 1. The first kappa shape index (κ1) is 25.8. The normalized spacial score (nSPS) is 18.0. The van der Waals surface area contributed by atoms with Crippen LogP contribution >= 0.6 is 24.0 Å². The van der Waals surface area contributed by atoms with Gasteiger partial charge in [0.1, 0.15) is 5.82 Å². The van der Waals surface area contributed by atoms with Gasteiger partial charge < -0.3 is 25.0 Å². The van der Waals surface area contributed by atoms with E-state index in [1.54, 1.807) is 12.1 Å². The van der Waals surface area contributed by atoms with Gasteiger partial charge in [0.2, 0.25) is 5.91 Å². The molecule has 0 radical (unpaired) electrons. The molecule has 2 heterocycles. The molecule has 0 spiro atoms. The summed E-state index contributed by atoms with van der Waals surface area (Å²) in [4.78, 5) is 23.4. The average molecular weight is 549 g/mol. The minimum absolute atomic E-state index is 0. The van der Waals surface area contributed by atoms with Crippen LogP contribution in [0.2, 0.25) is 0 Å². The van der Waals surface area contributed by atoms with E-state index in [4.69, 9.17) is 9.73 Å². The van der Waals surface area contributed by atoms with Gasteiger partial charge in [-0.25, -0.2) is 9.38 Å². The lowest BCUT2D eigenvalue weighted by molar-refractivity contribution is -0.136. The smallest absolute Gasteiger partial charge is 0.236 e. The number of aliphatic hydroxyl groups excluding tert-OH is 1. The van der Waals surface area contributed by atoms with Gasteiger partial charge >= 0.3 is 0 Å². The van der Waals surface area contributed by atoms with Crippen LogP contribution < -0.4 is 5.32 Å². The number of hydrogen-bond donors (Lipinski definition) is 2. The van der Waals surface area contributed by atoms with Gasteiger partial charge in [0.05, 0.1) is 32.9 Å². The maximum Gasteiger partial charge on any atom is 0.236 e. The third-order valence-corrected chi connectivity index (χ3v) is 5.42. The van der Waals surface area contributed by atoms with Crippen molar-refractivity contribution >= 4 is 35.8 Å². The van der Waals surface area contributed by atoms with Crippen molar-refractivity contribution in [3.63, 3.8) is 0 Å². The van der Waals surface area contributed by atoms with Crippen molar-refractivity contribution in [2.75, 3.05) is 65.6 Å². The zero-order valence-corrected chi connectivity index (χ0v) is 20.4. The Labute approximate surface area is 200 Å². The van der Waals surface area contributed by atoms with Gasteiger partial charge in [0, 0.05) is 51.4 Å². The maximum absolute atomic E-state index is 13.6. The van der Waals surface area contributed by atoms with Gasteiger partial charge in [-0.3, -0.25) is 9.69 Å². The van der Waals surface area contributed by atoms with Crippen molar-refractivity contribution < 1.29 is 19.0 Å². The highest BCUT2D eigenvalue weighted by atomic mass is 127. The van der Waals surface area contributed by atoms with Gasteiger partial charge in [-0.05, 0) is 24.6 Å². The van der Waals surface area contributed by atoms with Gasteiger partial charge in [0.15, 0.2) is 5.96 Å². The van der Waals surface area contributed by atoms with Crippen LogP contribution in [0.15, 0.2) is 23.2 Å². The molecule has 174 valence electrons. The van der Waals surface area contributed by atoms with Crippen LogP contribution in [0.1, 0.15) is 18.1 Å². The lowest BCUT2D eigenvalue weighted by atomic mass is 10.1. The second kappa shape index (κ2) is 13.1. The van der Waals surface area contributed by atoms with E-state index in [1.165, 1.54) is 6.07 Å². The number of hydrogen-bond acceptors (Lipinski definition) is 5. The highest BCUT2D eigenvalue weighted by molar-refractivity contribution is 14.0. The summed E-state index contributed by atoms with van der Waals surface area (Å²) in [6.45, 7) is 9.06. The Bertz CT molecular complexity index is 738. The maximum atomic E-state index is 13.6. The predicted molar refractivity (Wildman–Crippen MR) is 128 cm³/mol. The number of benzene rings is 1. The molecule has 2 fully saturated rings. The number of piperazine rings is 1. The second-order valence-corrected chi connectivity index (χ2v) is 7.51. The fraction of sp³-hybridized carbons (Fsp3) is 0.619. The van der Waals surface area contributed by atoms with E-state index in [9.17, 15) is 14.3 Å². The molecule has 10 heteroatoms. The molecular formula is C21H33FIN5O3. The molecule has 1 amide bonds. The number of halogens is 2. The van der Waals surface area contributed by atoms with Crippen molar-refractivity contribution in [3.8, 4) is 0 Å². The number of nitrogens with zero attached hydrogens (tertiary/aromatic N) is 4. The average Bonchev–Trinajstić information content (AvgIpc) is 2.78. The number of morpholine rings is 1. The topological polar surface area (TPSA) is 80.6 Å². The summed E-state index contributed by atoms with van der Waals surface area (Å²) in [5.74, 6) is 0.578. The molecular weight excluding hydrogens is 516 g/mol. The highest BCUT2D eigenvalue weighted by Gasteiger charge is 2.24. The van der Waals surface area contributed by atoms with Crippen LogP contribution in [-0.2, 0) is 22.7 Å². The van der Waals surface area contributed by atoms with Crippen LogP contribution in [0.25, 0.3) is 0 Å². The number of carbonyl (C=O) groups is 1. The molecule has 3 rings (SSSR count). The van der Waals surface area contributed by atoms with Gasteiger partial charge in [0.25, 0.3) is 0 Å². The van der Waals surface area contributed by atoms with Crippen LogP contribution in [-0.4, -0.2) is 97.2 Å². The minimum atomic E-state index is -0.403. The fourth-order valence-electron chi connectivity index (χ4n) is 3.66. The first-order valence-electron chi connectivity index (χ1n) is 10.6. The number of guanidine groups is 1. The summed E-state index contributed by atoms with van der Waals surface area (Å²) in [5.41, 5.74) is 1.14. The molecule has 8 nitrogen and oxygen atoms in total. The number of aliphatic imine (C=N–C) groups is 1. The zero-order chi connectivity index (χ0) is 21.3. The van der Waals surface area contributed by atoms with E-state index in [1.807, 2.05) is 11.8 Å². The number of aliphatic hydroxyl groups is 1. The van der Waals surface area contributed by atoms with Gasteiger partial charge in [-0.15, -0.1) is 24.0 Å². The number of carbonyl (C=O) groups excluding carboxylic acids is 1. The number of rotatable bonds is 6. The first-order chi connectivity index (χ1) is 14.6. The molecule has 1 aromatic rings. The third kappa shape index (κ3) is 7.55. The Balaban J connectivity index is 0.00000341. The molecule has 2 saturated heterocycles. The monoisotopic (exact) mass is 549 g/mol. The summed E-state index contributed by atoms with van der Waals surface area (Å²) in [6, 6.07) is 4.71. The molecule has 2 aliphatic heterocycles. The summed E-state index contributed by atoms with van der Waals surface area (Å²) in [6.07, 6.45) is 0. The lowest BCUT2D eigenvalue weighted by Gasteiger charge is -2.37. The van der Waals surface area contributed by atoms with E-state index in [-0.39, 0.29) is 42.1 Å². The highest BCUT2D eigenvalue weighted by Crippen LogP contribution is 2.12. The van der Waals surface area contributed by atoms with E-state index in [0.29, 0.717) is 39.4 Å². The fourth-order valence-corrected chi connectivity index (χ4v) is 3.66. The molecule has 0 aromatic heterocycles. The van der Waals surface area contributed by atoms with Crippen LogP contribution in [0.4, 0.5) is 4.39 Å². The zero-order valence-electron chi connectivity index (χ0n) is 18.1. The third-order valence-electron chi connectivity index (χ3n) is 5.42. The number of nitrogens with one attached hydrogen (secondary N) is 1. The van der Waals surface area contributed by atoms with Gasteiger partial charge in [-0.2, -0.15) is 0 Å². The molecule has 0 aliphatic carbocycles. The molecule has 0 unspecified atom stereocenters. The lowest BCUT2D eigenvalue weighted by Crippen LogP contribution is -2.54. The van der Waals surface area contributed by atoms with Crippen molar-refractivity contribution in [1.82, 2.24) is 20.0 Å². The van der Waals surface area contributed by atoms with Crippen molar-refractivity contribution in [2.45, 2.75) is 20.1 Å². The van der Waals surface area contributed by atoms with Gasteiger partial charge in [-0.1, -0.05) is 6.07 Å². The quantitative estimate of drug-likeness (QED) is 0.312. The molecule has 31 heavy (non-hydrogen) atoms. The van der Waals surface area contributed by atoms with E-state index >= 15 is 0 Å². The molecule has 0 atom stereocenters. The molecule has 0 bridgehead atoms. The van der Waals surface area contributed by atoms with Crippen LogP contribution in [0, 0.1) is 5.82 Å². The predicted octanol–water partition coefficient (Wildman–Crippen LogP) is 0.878. The summed E-state index contributed by atoms with van der Waals surface area (Å²) in [5, 5.41) is 12.6. The van der Waals surface area contributed by atoms with Crippen molar-refractivity contribution in [2.24, 2.45) is 4.99 Å². The molecule has 2 aliphatic rings. The summed E-state index contributed by atoms with van der Waals surface area (Å²) in [7, 11) is 0. The Kier molecular flexibility index (Phi) is 10.9. The van der Waals surface area contributed by atoms with Crippen LogP contribution in [0.5, 0.6) is 0 Å². The van der Waals surface area contributed by atoms with Crippen LogP contribution in [0.3, 0.4) is 0 Å². The van der Waals surface area contributed by atoms with E-state index < -0.39 is 5.82 Å². The Morgan fingerprint density at radius 1 is 1.16 bits per heavy atom. The SMILES string of the molecule is CCNC(=NCc1ccc(F)c(CO)c1)N1CCN(CC(=O)N2CCOCC2)CC1.I. The minimum Gasteiger partial charge on any atom is -0.392 e.